The minimum absolute atomic E-state index is 0.0751. The van der Waals surface area contributed by atoms with Crippen LogP contribution in [0.15, 0.2) is 42.6 Å². The Morgan fingerprint density at radius 3 is 2.76 bits per heavy atom. The third kappa shape index (κ3) is 2.85. The highest BCUT2D eigenvalue weighted by atomic mass is 16.2. The SMILES string of the molecule is CCc1ccc(C2CNCCN2C(=O)c2ccc[nH]2)cc1. The minimum atomic E-state index is 0.0751. The Kier molecular flexibility index (Phi) is 4.06. The van der Waals surface area contributed by atoms with Crippen LogP contribution in [0.4, 0.5) is 0 Å². The molecule has 2 aromatic rings. The summed E-state index contributed by atoms with van der Waals surface area (Å²) in [7, 11) is 0. The van der Waals surface area contributed by atoms with E-state index in [1.54, 1.807) is 6.20 Å². The molecule has 2 heterocycles. The lowest BCUT2D eigenvalue weighted by atomic mass is 10.0. The number of rotatable bonds is 3. The zero-order valence-corrected chi connectivity index (χ0v) is 12.3. The number of nitrogens with zero attached hydrogens (tertiary/aromatic N) is 1. The van der Waals surface area contributed by atoms with Gasteiger partial charge in [0.15, 0.2) is 0 Å². The van der Waals surface area contributed by atoms with Crippen molar-refractivity contribution in [1.82, 2.24) is 15.2 Å². The number of piperazine rings is 1. The number of aromatic nitrogens is 1. The van der Waals surface area contributed by atoms with Crippen molar-refractivity contribution in [3.8, 4) is 0 Å². The zero-order valence-electron chi connectivity index (χ0n) is 12.3. The van der Waals surface area contributed by atoms with Gasteiger partial charge in [0.25, 0.3) is 5.91 Å². The summed E-state index contributed by atoms with van der Waals surface area (Å²) < 4.78 is 0. The van der Waals surface area contributed by atoms with E-state index in [1.165, 1.54) is 11.1 Å². The second-order valence-electron chi connectivity index (χ2n) is 5.40. The molecule has 1 fully saturated rings. The van der Waals surface area contributed by atoms with Gasteiger partial charge in [0, 0.05) is 25.8 Å². The number of aryl methyl sites for hydroxylation is 1. The van der Waals surface area contributed by atoms with Crippen molar-refractivity contribution in [3.05, 3.63) is 59.4 Å². The normalized spacial score (nSPS) is 18.7. The van der Waals surface area contributed by atoms with Gasteiger partial charge in [0.05, 0.1) is 6.04 Å². The Morgan fingerprint density at radius 1 is 1.29 bits per heavy atom. The second-order valence-corrected chi connectivity index (χ2v) is 5.40. The standard InChI is InChI=1S/C17H21N3O/c1-2-13-5-7-14(8-6-13)16-12-18-10-11-20(16)17(21)15-4-3-9-19-15/h3-9,16,18-19H,2,10-12H2,1H3. The molecule has 0 radical (unpaired) electrons. The van der Waals surface area contributed by atoms with Crippen LogP contribution in [0.3, 0.4) is 0 Å². The Hall–Kier alpha value is -2.07. The molecule has 4 heteroatoms. The van der Waals surface area contributed by atoms with E-state index >= 15 is 0 Å². The lowest BCUT2D eigenvalue weighted by molar-refractivity contribution is 0.0629. The van der Waals surface area contributed by atoms with E-state index in [2.05, 4.69) is 41.5 Å². The highest BCUT2D eigenvalue weighted by Crippen LogP contribution is 2.24. The van der Waals surface area contributed by atoms with E-state index in [0.29, 0.717) is 5.69 Å². The molecule has 0 saturated carbocycles. The summed E-state index contributed by atoms with van der Waals surface area (Å²) in [4.78, 5) is 17.6. The molecule has 1 unspecified atom stereocenters. The zero-order chi connectivity index (χ0) is 14.7. The molecule has 1 aromatic heterocycles. The number of H-pyrrole nitrogens is 1. The molecule has 1 saturated heterocycles. The molecule has 3 rings (SSSR count). The average molecular weight is 283 g/mol. The van der Waals surface area contributed by atoms with Crippen LogP contribution in [0.5, 0.6) is 0 Å². The van der Waals surface area contributed by atoms with Crippen molar-refractivity contribution < 1.29 is 4.79 Å². The number of carbonyl (C=O) groups is 1. The van der Waals surface area contributed by atoms with E-state index in [-0.39, 0.29) is 11.9 Å². The van der Waals surface area contributed by atoms with Gasteiger partial charge in [-0.3, -0.25) is 4.79 Å². The fraction of sp³-hybridized carbons (Fsp3) is 0.353. The van der Waals surface area contributed by atoms with Crippen molar-refractivity contribution in [1.29, 1.82) is 0 Å². The van der Waals surface area contributed by atoms with Gasteiger partial charge in [-0.25, -0.2) is 0 Å². The van der Waals surface area contributed by atoms with Crippen molar-refractivity contribution in [2.45, 2.75) is 19.4 Å². The molecule has 4 nitrogen and oxygen atoms in total. The van der Waals surface area contributed by atoms with Crippen LogP contribution in [0, 0.1) is 0 Å². The molecule has 1 aliphatic rings. The van der Waals surface area contributed by atoms with Gasteiger partial charge in [0.1, 0.15) is 5.69 Å². The topological polar surface area (TPSA) is 48.1 Å². The first kappa shape index (κ1) is 13.9. The van der Waals surface area contributed by atoms with Crippen LogP contribution in [-0.2, 0) is 6.42 Å². The Labute approximate surface area is 125 Å². The summed E-state index contributed by atoms with van der Waals surface area (Å²) in [6.45, 7) is 4.53. The van der Waals surface area contributed by atoms with Crippen LogP contribution in [-0.4, -0.2) is 35.4 Å². The van der Waals surface area contributed by atoms with Gasteiger partial charge >= 0.3 is 0 Å². The largest absolute Gasteiger partial charge is 0.357 e. The molecule has 110 valence electrons. The van der Waals surface area contributed by atoms with E-state index in [9.17, 15) is 4.79 Å². The van der Waals surface area contributed by atoms with E-state index in [1.807, 2.05) is 17.0 Å². The predicted octanol–water partition coefficient (Wildman–Crippen LogP) is 2.36. The lowest BCUT2D eigenvalue weighted by Crippen LogP contribution is -2.48. The fourth-order valence-electron chi connectivity index (χ4n) is 2.84. The Morgan fingerprint density at radius 2 is 2.10 bits per heavy atom. The summed E-state index contributed by atoms with van der Waals surface area (Å²) in [6, 6.07) is 12.4. The maximum atomic E-state index is 12.6. The number of amides is 1. The van der Waals surface area contributed by atoms with Crippen molar-refractivity contribution in [2.24, 2.45) is 0 Å². The Bertz CT molecular complexity index is 589. The predicted molar refractivity (Wildman–Crippen MR) is 83.3 cm³/mol. The molecule has 0 spiro atoms. The first-order valence-corrected chi connectivity index (χ1v) is 7.53. The van der Waals surface area contributed by atoms with Crippen LogP contribution >= 0.6 is 0 Å². The van der Waals surface area contributed by atoms with E-state index < -0.39 is 0 Å². The average Bonchev–Trinajstić information content (AvgIpc) is 3.09. The summed E-state index contributed by atoms with van der Waals surface area (Å²) >= 11 is 0. The van der Waals surface area contributed by atoms with Crippen LogP contribution in [0.2, 0.25) is 0 Å². The first-order valence-electron chi connectivity index (χ1n) is 7.53. The van der Waals surface area contributed by atoms with Gasteiger partial charge in [-0.05, 0) is 29.7 Å². The molecule has 0 aliphatic carbocycles. The van der Waals surface area contributed by atoms with Crippen molar-refractivity contribution in [2.75, 3.05) is 19.6 Å². The van der Waals surface area contributed by atoms with Gasteiger partial charge in [-0.1, -0.05) is 31.2 Å². The monoisotopic (exact) mass is 283 g/mol. The molecule has 0 bridgehead atoms. The summed E-state index contributed by atoms with van der Waals surface area (Å²) in [5.41, 5.74) is 3.18. The summed E-state index contributed by atoms with van der Waals surface area (Å²) in [5.74, 6) is 0.0751. The maximum absolute atomic E-state index is 12.6. The maximum Gasteiger partial charge on any atom is 0.270 e. The fourth-order valence-corrected chi connectivity index (χ4v) is 2.84. The molecular weight excluding hydrogens is 262 g/mol. The van der Waals surface area contributed by atoms with E-state index in [0.717, 1.165) is 26.1 Å². The highest BCUT2D eigenvalue weighted by molar-refractivity contribution is 5.92. The number of benzene rings is 1. The first-order chi connectivity index (χ1) is 10.3. The van der Waals surface area contributed by atoms with Gasteiger partial charge in [-0.15, -0.1) is 0 Å². The van der Waals surface area contributed by atoms with E-state index in [4.69, 9.17) is 0 Å². The number of hydrogen-bond acceptors (Lipinski definition) is 2. The van der Waals surface area contributed by atoms with Crippen LogP contribution in [0.25, 0.3) is 0 Å². The minimum Gasteiger partial charge on any atom is -0.357 e. The number of hydrogen-bond donors (Lipinski definition) is 2. The molecule has 1 aliphatic heterocycles. The third-order valence-corrected chi connectivity index (χ3v) is 4.11. The second kappa shape index (κ2) is 6.14. The lowest BCUT2D eigenvalue weighted by Gasteiger charge is -2.36. The summed E-state index contributed by atoms with van der Waals surface area (Å²) in [5, 5.41) is 3.39. The molecular formula is C17H21N3O. The molecule has 1 amide bonds. The number of aromatic amines is 1. The third-order valence-electron chi connectivity index (χ3n) is 4.11. The molecule has 1 aromatic carbocycles. The van der Waals surface area contributed by atoms with Gasteiger partial charge < -0.3 is 15.2 Å². The van der Waals surface area contributed by atoms with Crippen molar-refractivity contribution >= 4 is 5.91 Å². The number of carbonyl (C=O) groups excluding carboxylic acids is 1. The van der Waals surface area contributed by atoms with Crippen molar-refractivity contribution in [3.63, 3.8) is 0 Å². The molecule has 1 atom stereocenters. The highest BCUT2D eigenvalue weighted by Gasteiger charge is 2.28. The van der Waals surface area contributed by atoms with Gasteiger partial charge in [0.2, 0.25) is 0 Å². The van der Waals surface area contributed by atoms with Gasteiger partial charge in [-0.2, -0.15) is 0 Å². The van der Waals surface area contributed by atoms with Crippen LogP contribution in [0.1, 0.15) is 34.6 Å². The summed E-state index contributed by atoms with van der Waals surface area (Å²) in [6.07, 6.45) is 2.83. The molecule has 2 N–H and O–H groups in total. The quantitative estimate of drug-likeness (QED) is 0.908. The van der Waals surface area contributed by atoms with Crippen LogP contribution < -0.4 is 5.32 Å². The number of nitrogens with one attached hydrogen (secondary N) is 2. The Balaban J connectivity index is 1.85. The molecule has 21 heavy (non-hydrogen) atoms. The smallest absolute Gasteiger partial charge is 0.270 e.